The number of nitriles is 1. The molecule has 4 rings (SSSR count). The van der Waals surface area contributed by atoms with E-state index >= 15 is 0 Å². The molecule has 212 valence electrons. The topological polar surface area (TPSA) is 98.6 Å². The summed E-state index contributed by atoms with van der Waals surface area (Å²) in [5, 5.41) is 27.5. The largest absolute Gasteiger partial charge is 0.477 e. The summed E-state index contributed by atoms with van der Waals surface area (Å²) in [6.07, 6.45) is -3.89. The van der Waals surface area contributed by atoms with Crippen LogP contribution in [0.5, 0.6) is 5.75 Å². The van der Waals surface area contributed by atoms with Gasteiger partial charge in [0.05, 0.1) is 46.2 Å². The van der Waals surface area contributed by atoms with Crippen LogP contribution in [-0.4, -0.2) is 56.8 Å². The SMILES string of the molecule is N#CCOc1cc(NCCO)c(F)cc1NCC#Cc1sc2c(NC3CCOCC3)cccc2c1CC(F)(F)F. The molecule has 0 aliphatic carbocycles. The molecular weight excluding hydrogens is 548 g/mol. The van der Waals surface area contributed by atoms with E-state index in [-0.39, 0.29) is 55.0 Å². The van der Waals surface area contributed by atoms with Crippen molar-refractivity contribution >= 4 is 38.5 Å². The Morgan fingerprint density at radius 3 is 2.65 bits per heavy atom. The Balaban J connectivity index is 1.59. The first-order chi connectivity index (χ1) is 19.3. The summed E-state index contributed by atoms with van der Waals surface area (Å²) in [6.45, 7) is 0.891. The highest BCUT2D eigenvalue weighted by molar-refractivity contribution is 7.20. The summed E-state index contributed by atoms with van der Waals surface area (Å²) >= 11 is 1.21. The van der Waals surface area contributed by atoms with E-state index in [9.17, 15) is 17.6 Å². The molecule has 0 saturated carbocycles. The van der Waals surface area contributed by atoms with Crippen LogP contribution in [-0.2, 0) is 11.2 Å². The Bertz CT molecular complexity index is 1420. The van der Waals surface area contributed by atoms with Crippen LogP contribution in [0.3, 0.4) is 0 Å². The molecule has 1 aromatic heterocycles. The smallest absolute Gasteiger partial charge is 0.393 e. The quantitative estimate of drug-likeness (QED) is 0.187. The van der Waals surface area contributed by atoms with Gasteiger partial charge in [0.1, 0.15) is 17.6 Å². The van der Waals surface area contributed by atoms with E-state index in [2.05, 4.69) is 27.8 Å². The predicted molar refractivity (Wildman–Crippen MR) is 147 cm³/mol. The Labute approximate surface area is 233 Å². The number of nitrogens with one attached hydrogen (secondary N) is 3. The van der Waals surface area contributed by atoms with Crippen molar-refractivity contribution in [2.24, 2.45) is 0 Å². The minimum absolute atomic E-state index is 0.0152. The maximum Gasteiger partial charge on any atom is 0.393 e. The molecule has 1 saturated heterocycles. The van der Waals surface area contributed by atoms with Crippen LogP contribution in [0.4, 0.5) is 34.6 Å². The summed E-state index contributed by atoms with van der Waals surface area (Å²) < 4.78 is 66.6. The molecule has 3 aromatic rings. The molecule has 2 heterocycles. The first kappa shape index (κ1) is 29.3. The first-order valence-corrected chi connectivity index (χ1v) is 13.5. The number of hydrogen-bond acceptors (Lipinski definition) is 8. The van der Waals surface area contributed by atoms with Crippen molar-refractivity contribution in [3.63, 3.8) is 0 Å². The molecule has 0 bridgehead atoms. The number of alkyl halides is 3. The standard InChI is InChI=1S/C28H28F4N4O3S/c29-21-15-24(25(39-14-8-33)16-23(21)35-10-11-37)34-9-2-5-26-20(17-28(30,31)32)19-3-1-4-22(27(19)40-26)36-18-6-12-38-13-7-18/h1,3-4,15-16,18,34-37H,6-7,9-14,17H2. The molecule has 0 amide bonds. The number of fused-ring (bicyclic) bond motifs is 1. The van der Waals surface area contributed by atoms with E-state index in [1.807, 2.05) is 12.1 Å². The van der Waals surface area contributed by atoms with Crippen molar-refractivity contribution in [3.8, 4) is 23.7 Å². The van der Waals surface area contributed by atoms with E-state index in [0.29, 0.717) is 28.2 Å². The Morgan fingerprint density at radius 1 is 1.12 bits per heavy atom. The molecule has 7 nitrogen and oxygen atoms in total. The molecule has 0 radical (unpaired) electrons. The molecule has 4 N–H and O–H groups in total. The highest BCUT2D eigenvalue weighted by atomic mass is 32.1. The lowest BCUT2D eigenvalue weighted by molar-refractivity contribution is -0.126. The summed E-state index contributed by atoms with van der Waals surface area (Å²) in [6, 6.07) is 9.83. The molecule has 1 aliphatic rings. The second-order valence-corrected chi connectivity index (χ2v) is 10.0. The number of thiophene rings is 1. The lowest BCUT2D eigenvalue weighted by Crippen LogP contribution is -2.27. The normalized spacial score (nSPS) is 13.8. The van der Waals surface area contributed by atoms with Crippen molar-refractivity contribution < 1.29 is 32.1 Å². The Hall–Kier alpha value is -3.71. The van der Waals surface area contributed by atoms with E-state index in [1.165, 1.54) is 17.4 Å². The van der Waals surface area contributed by atoms with Gasteiger partial charge in [-0.15, -0.1) is 11.3 Å². The van der Waals surface area contributed by atoms with E-state index in [4.69, 9.17) is 19.8 Å². The molecule has 0 spiro atoms. The van der Waals surface area contributed by atoms with Crippen LogP contribution in [0.15, 0.2) is 30.3 Å². The summed E-state index contributed by atoms with van der Waals surface area (Å²) in [7, 11) is 0. The second-order valence-electron chi connectivity index (χ2n) is 9.00. The molecule has 1 fully saturated rings. The zero-order valence-corrected chi connectivity index (χ0v) is 22.3. The summed E-state index contributed by atoms with van der Waals surface area (Å²) in [5.74, 6) is 5.29. The lowest BCUT2D eigenvalue weighted by Gasteiger charge is -2.24. The van der Waals surface area contributed by atoms with Gasteiger partial charge in [0.25, 0.3) is 0 Å². The predicted octanol–water partition coefficient (Wildman–Crippen LogP) is 5.51. The van der Waals surface area contributed by atoms with Crippen LogP contribution in [0.2, 0.25) is 0 Å². The van der Waals surface area contributed by atoms with Crippen LogP contribution in [0, 0.1) is 29.0 Å². The van der Waals surface area contributed by atoms with Crippen molar-refractivity contribution in [3.05, 3.63) is 46.6 Å². The zero-order valence-electron chi connectivity index (χ0n) is 21.5. The summed E-state index contributed by atoms with van der Waals surface area (Å²) in [5.41, 5.74) is 1.21. The zero-order chi connectivity index (χ0) is 28.5. The number of halogens is 4. The lowest BCUT2D eigenvalue weighted by atomic mass is 10.1. The van der Waals surface area contributed by atoms with Gasteiger partial charge in [-0.25, -0.2) is 4.39 Å². The third-order valence-electron chi connectivity index (χ3n) is 6.13. The van der Waals surface area contributed by atoms with Crippen molar-refractivity contribution in [1.82, 2.24) is 0 Å². The van der Waals surface area contributed by atoms with E-state index < -0.39 is 18.4 Å². The van der Waals surface area contributed by atoms with Gasteiger partial charge in [0.2, 0.25) is 0 Å². The number of benzene rings is 2. The summed E-state index contributed by atoms with van der Waals surface area (Å²) in [4.78, 5) is 0.311. The minimum Gasteiger partial charge on any atom is -0.477 e. The van der Waals surface area contributed by atoms with Gasteiger partial charge in [0.15, 0.2) is 6.61 Å². The van der Waals surface area contributed by atoms with Gasteiger partial charge >= 0.3 is 6.18 Å². The minimum atomic E-state index is -4.41. The van der Waals surface area contributed by atoms with Gasteiger partial charge in [-0.05, 0) is 29.9 Å². The highest BCUT2D eigenvalue weighted by Gasteiger charge is 2.31. The van der Waals surface area contributed by atoms with Crippen LogP contribution in [0.1, 0.15) is 23.3 Å². The first-order valence-electron chi connectivity index (χ1n) is 12.6. The van der Waals surface area contributed by atoms with Crippen LogP contribution >= 0.6 is 11.3 Å². The Kier molecular flexibility index (Phi) is 9.93. The highest BCUT2D eigenvalue weighted by Crippen LogP contribution is 2.39. The molecule has 0 unspecified atom stereocenters. The molecule has 40 heavy (non-hydrogen) atoms. The van der Waals surface area contributed by atoms with Crippen LogP contribution < -0.4 is 20.7 Å². The van der Waals surface area contributed by atoms with Gasteiger partial charge in [-0.2, -0.15) is 18.4 Å². The monoisotopic (exact) mass is 576 g/mol. The van der Waals surface area contributed by atoms with Crippen molar-refractivity contribution in [1.29, 1.82) is 5.26 Å². The number of ether oxygens (including phenoxy) is 2. The molecule has 2 aromatic carbocycles. The average Bonchev–Trinajstić information content (AvgIpc) is 3.27. The number of aliphatic hydroxyl groups excluding tert-OH is 1. The van der Waals surface area contributed by atoms with Gasteiger partial charge < -0.3 is 30.5 Å². The Morgan fingerprint density at radius 2 is 1.93 bits per heavy atom. The maximum absolute atomic E-state index is 14.5. The third kappa shape index (κ3) is 7.69. The van der Waals surface area contributed by atoms with Gasteiger partial charge in [-0.1, -0.05) is 24.0 Å². The fourth-order valence-electron chi connectivity index (χ4n) is 4.33. The molecular formula is C28H28F4N4O3S. The van der Waals surface area contributed by atoms with Crippen molar-refractivity contribution in [2.45, 2.75) is 31.5 Å². The fourth-order valence-corrected chi connectivity index (χ4v) is 5.50. The number of rotatable bonds is 10. The van der Waals surface area contributed by atoms with Gasteiger partial charge in [-0.3, -0.25) is 0 Å². The third-order valence-corrected chi connectivity index (χ3v) is 7.33. The number of anilines is 3. The van der Waals surface area contributed by atoms with Gasteiger partial charge in [0, 0.05) is 37.9 Å². The van der Waals surface area contributed by atoms with E-state index in [0.717, 1.165) is 24.6 Å². The number of hydrogen-bond donors (Lipinski definition) is 4. The molecule has 0 atom stereocenters. The average molecular weight is 577 g/mol. The maximum atomic E-state index is 14.5. The number of aliphatic hydroxyl groups is 1. The van der Waals surface area contributed by atoms with Crippen molar-refractivity contribution in [2.75, 3.05) is 55.5 Å². The number of nitrogens with zero attached hydrogens (tertiary/aromatic N) is 1. The van der Waals surface area contributed by atoms with E-state index in [1.54, 1.807) is 12.1 Å². The molecule has 1 aliphatic heterocycles. The van der Waals surface area contributed by atoms with Crippen LogP contribution in [0.25, 0.3) is 10.1 Å². The molecule has 12 heteroatoms. The fraction of sp³-hybridized carbons (Fsp3) is 0.393. The second kappa shape index (κ2) is 13.6.